The first-order valence-corrected chi connectivity index (χ1v) is 8.93. The second-order valence-electron chi connectivity index (χ2n) is 7.82. The molecule has 1 aromatic rings. The number of carbonyl (C=O) groups is 1. The average molecular weight is 296 g/mol. The summed E-state index contributed by atoms with van der Waals surface area (Å²) in [6, 6.07) is 6.62. The molecule has 3 saturated carbocycles. The third kappa shape index (κ3) is 1.88. The minimum atomic E-state index is 0.141. The van der Waals surface area contributed by atoms with Crippen molar-refractivity contribution in [2.24, 2.45) is 23.7 Å². The number of hydrogen-bond acceptors (Lipinski definition) is 2. The number of amides is 1. The largest absolute Gasteiger partial charge is 0.349 e. The van der Waals surface area contributed by atoms with Crippen molar-refractivity contribution in [2.45, 2.75) is 51.2 Å². The molecule has 3 nitrogen and oxygen atoms in total. The van der Waals surface area contributed by atoms with Gasteiger partial charge in [0.25, 0.3) is 5.91 Å². The van der Waals surface area contributed by atoms with E-state index in [1.807, 2.05) is 6.07 Å². The fourth-order valence-electron chi connectivity index (χ4n) is 5.92. The van der Waals surface area contributed by atoms with Gasteiger partial charge in [0.15, 0.2) is 0 Å². The lowest BCUT2D eigenvalue weighted by atomic mass is 9.79. The monoisotopic (exact) mass is 296 g/mol. The smallest absolute Gasteiger partial charge is 0.251 e. The van der Waals surface area contributed by atoms with Gasteiger partial charge in [-0.2, -0.15) is 0 Å². The summed E-state index contributed by atoms with van der Waals surface area (Å²) in [5, 5.41) is 6.71. The Morgan fingerprint density at radius 3 is 2.86 bits per heavy atom. The second-order valence-corrected chi connectivity index (χ2v) is 7.82. The Labute approximate surface area is 131 Å². The molecule has 5 atom stereocenters. The standard InChI is InChI=1S/C19H24N2O/c22-19(11-4-5-12-9-20-10-14(12)6-11)21-18-8-13-7-17(18)16-3-1-2-15(13)16/h4-6,13,15-18,20H,1-3,7-10H2,(H,21,22). The topological polar surface area (TPSA) is 41.1 Å². The third-order valence-electron chi connectivity index (χ3n) is 6.84. The lowest BCUT2D eigenvalue weighted by Crippen LogP contribution is -2.42. The maximum Gasteiger partial charge on any atom is 0.251 e. The highest BCUT2D eigenvalue weighted by atomic mass is 16.1. The second kappa shape index (κ2) is 4.82. The number of benzene rings is 1. The number of nitrogens with one attached hydrogen (secondary N) is 2. The fraction of sp³-hybridized carbons (Fsp3) is 0.632. The van der Waals surface area contributed by atoms with E-state index in [1.54, 1.807) is 0 Å². The van der Waals surface area contributed by atoms with E-state index in [0.717, 1.165) is 42.3 Å². The van der Waals surface area contributed by atoms with Gasteiger partial charge >= 0.3 is 0 Å². The Morgan fingerprint density at radius 1 is 1.05 bits per heavy atom. The van der Waals surface area contributed by atoms with Crippen molar-refractivity contribution >= 4 is 5.91 Å². The lowest BCUT2D eigenvalue weighted by molar-refractivity contribution is 0.0901. The Morgan fingerprint density at radius 2 is 1.91 bits per heavy atom. The van der Waals surface area contributed by atoms with E-state index in [9.17, 15) is 4.79 Å². The molecule has 22 heavy (non-hydrogen) atoms. The van der Waals surface area contributed by atoms with Gasteiger partial charge in [-0.3, -0.25) is 4.79 Å². The normalized spacial score (nSPS) is 38.1. The maximum absolute atomic E-state index is 12.6. The van der Waals surface area contributed by atoms with Gasteiger partial charge in [-0.1, -0.05) is 12.5 Å². The molecule has 3 fully saturated rings. The Bertz CT molecular complexity index is 626. The van der Waals surface area contributed by atoms with Crippen LogP contribution in [0.3, 0.4) is 0 Å². The van der Waals surface area contributed by atoms with Gasteiger partial charge in [-0.05, 0) is 72.6 Å². The molecule has 2 bridgehead atoms. The van der Waals surface area contributed by atoms with Crippen molar-refractivity contribution in [3.8, 4) is 0 Å². The molecule has 5 unspecified atom stereocenters. The van der Waals surface area contributed by atoms with Crippen LogP contribution >= 0.6 is 0 Å². The Hall–Kier alpha value is -1.35. The van der Waals surface area contributed by atoms with Crippen molar-refractivity contribution in [3.05, 3.63) is 34.9 Å². The molecule has 0 aromatic heterocycles. The first kappa shape index (κ1) is 13.1. The van der Waals surface area contributed by atoms with E-state index >= 15 is 0 Å². The van der Waals surface area contributed by atoms with Gasteiger partial charge in [0.05, 0.1) is 0 Å². The van der Waals surface area contributed by atoms with Crippen LogP contribution in [0.25, 0.3) is 0 Å². The van der Waals surface area contributed by atoms with Crippen LogP contribution in [-0.2, 0) is 13.1 Å². The molecule has 0 saturated heterocycles. The van der Waals surface area contributed by atoms with Gasteiger partial charge in [-0.25, -0.2) is 0 Å². The molecule has 1 aromatic carbocycles. The Balaban J connectivity index is 1.31. The van der Waals surface area contributed by atoms with Crippen LogP contribution in [0, 0.1) is 23.7 Å². The van der Waals surface area contributed by atoms with E-state index in [-0.39, 0.29) is 5.91 Å². The summed E-state index contributed by atoms with van der Waals surface area (Å²) in [5.74, 6) is 3.70. The number of hydrogen-bond donors (Lipinski definition) is 2. The summed E-state index contributed by atoms with van der Waals surface area (Å²) in [4.78, 5) is 12.6. The molecule has 0 radical (unpaired) electrons. The van der Waals surface area contributed by atoms with Crippen molar-refractivity contribution in [1.82, 2.24) is 10.6 Å². The van der Waals surface area contributed by atoms with Gasteiger partial charge in [-0.15, -0.1) is 0 Å². The minimum absolute atomic E-state index is 0.141. The summed E-state index contributed by atoms with van der Waals surface area (Å²) in [6.45, 7) is 1.83. The fourth-order valence-corrected chi connectivity index (χ4v) is 5.92. The van der Waals surface area contributed by atoms with E-state index in [0.29, 0.717) is 6.04 Å². The highest BCUT2D eigenvalue weighted by molar-refractivity contribution is 5.94. The van der Waals surface area contributed by atoms with Crippen molar-refractivity contribution in [2.75, 3.05) is 0 Å². The van der Waals surface area contributed by atoms with Gasteiger partial charge in [0, 0.05) is 24.7 Å². The molecule has 3 heteroatoms. The molecule has 0 spiro atoms. The summed E-state index contributed by atoms with van der Waals surface area (Å²) >= 11 is 0. The van der Waals surface area contributed by atoms with Crippen LogP contribution in [0.5, 0.6) is 0 Å². The highest BCUT2D eigenvalue weighted by Gasteiger charge is 2.54. The first-order chi connectivity index (χ1) is 10.8. The average Bonchev–Trinajstić information content (AvgIpc) is 3.27. The van der Waals surface area contributed by atoms with Gasteiger partial charge < -0.3 is 10.6 Å². The number of carbonyl (C=O) groups excluding carboxylic acids is 1. The van der Waals surface area contributed by atoms with E-state index in [1.165, 1.54) is 43.2 Å². The molecule has 3 aliphatic carbocycles. The maximum atomic E-state index is 12.6. The molecule has 1 heterocycles. The summed E-state index contributed by atoms with van der Waals surface area (Å²) in [6.07, 6.45) is 6.87. The first-order valence-electron chi connectivity index (χ1n) is 8.93. The predicted molar refractivity (Wildman–Crippen MR) is 85.3 cm³/mol. The van der Waals surface area contributed by atoms with E-state index in [4.69, 9.17) is 0 Å². The van der Waals surface area contributed by atoms with Crippen LogP contribution < -0.4 is 10.6 Å². The summed E-state index contributed by atoms with van der Waals surface area (Å²) in [5.41, 5.74) is 3.47. The third-order valence-corrected chi connectivity index (χ3v) is 6.84. The van der Waals surface area contributed by atoms with Crippen LogP contribution in [0.4, 0.5) is 0 Å². The molecule has 116 valence electrons. The van der Waals surface area contributed by atoms with E-state index < -0.39 is 0 Å². The summed E-state index contributed by atoms with van der Waals surface area (Å²) < 4.78 is 0. The SMILES string of the molecule is O=C(NC1CC2CC1C1CCCC21)c1ccc2c(c1)CNC2. The predicted octanol–water partition coefficient (Wildman–Crippen LogP) is 2.84. The molecule has 2 N–H and O–H groups in total. The van der Waals surface area contributed by atoms with Gasteiger partial charge in [0.1, 0.15) is 0 Å². The highest BCUT2D eigenvalue weighted by Crippen LogP contribution is 2.58. The minimum Gasteiger partial charge on any atom is -0.349 e. The van der Waals surface area contributed by atoms with Crippen LogP contribution in [-0.4, -0.2) is 11.9 Å². The van der Waals surface area contributed by atoms with Crippen molar-refractivity contribution in [3.63, 3.8) is 0 Å². The van der Waals surface area contributed by atoms with Crippen LogP contribution in [0.1, 0.15) is 53.6 Å². The molecule has 5 rings (SSSR count). The van der Waals surface area contributed by atoms with Crippen LogP contribution in [0.2, 0.25) is 0 Å². The zero-order chi connectivity index (χ0) is 14.7. The molecule has 1 aliphatic heterocycles. The number of rotatable bonds is 2. The number of fused-ring (bicyclic) bond motifs is 6. The van der Waals surface area contributed by atoms with Gasteiger partial charge in [0.2, 0.25) is 0 Å². The van der Waals surface area contributed by atoms with E-state index in [2.05, 4.69) is 22.8 Å². The molecule has 4 aliphatic rings. The quantitative estimate of drug-likeness (QED) is 0.881. The van der Waals surface area contributed by atoms with Crippen molar-refractivity contribution in [1.29, 1.82) is 0 Å². The Kier molecular flexibility index (Phi) is 2.88. The van der Waals surface area contributed by atoms with Crippen molar-refractivity contribution < 1.29 is 4.79 Å². The van der Waals surface area contributed by atoms with Crippen LogP contribution in [0.15, 0.2) is 18.2 Å². The molecular formula is C19H24N2O. The lowest BCUT2D eigenvalue weighted by Gasteiger charge is -2.32. The summed E-state index contributed by atoms with van der Waals surface area (Å²) in [7, 11) is 0. The zero-order valence-corrected chi connectivity index (χ0v) is 13.0. The molecule has 1 amide bonds. The zero-order valence-electron chi connectivity index (χ0n) is 13.0. The molecular weight excluding hydrogens is 272 g/mol.